The maximum absolute atomic E-state index is 13.2. The van der Waals surface area contributed by atoms with Gasteiger partial charge >= 0.3 is 5.97 Å². The molecule has 0 saturated carbocycles. The first-order valence-electron chi connectivity index (χ1n) is 10.8. The molecule has 1 aromatic carbocycles. The number of aliphatic carboxylic acids is 1. The first-order chi connectivity index (χ1) is 14.6. The van der Waals surface area contributed by atoms with Gasteiger partial charge in [-0.1, -0.05) is 18.2 Å². The molecule has 1 unspecified atom stereocenters. The van der Waals surface area contributed by atoms with Crippen molar-refractivity contribution in [3.8, 4) is 5.75 Å². The molecule has 1 aromatic rings. The van der Waals surface area contributed by atoms with Crippen LogP contribution in [-0.4, -0.2) is 97.3 Å². The highest BCUT2D eigenvalue weighted by atomic mass is 16.5. The number of amides is 1. The van der Waals surface area contributed by atoms with Gasteiger partial charge < -0.3 is 19.5 Å². The van der Waals surface area contributed by atoms with Crippen LogP contribution in [0.25, 0.3) is 0 Å². The van der Waals surface area contributed by atoms with Gasteiger partial charge in [0.15, 0.2) is 6.61 Å². The molecule has 3 aliphatic rings. The number of carboxylic acids is 1. The van der Waals surface area contributed by atoms with Crippen LogP contribution >= 0.6 is 0 Å². The molecule has 0 aromatic heterocycles. The Morgan fingerprint density at radius 1 is 1.07 bits per heavy atom. The predicted molar refractivity (Wildman–Crippen MR) is 110 cm³/mol. The van der Waals surface area contributed by atoms with E-state index in [1.165, 1.54) is 0 Å². The largest absolute Gasteiger partial charge is 0.482 e. The van der Waals surface area contributed by atoms with Gasteiger partial charge in [-0.25, -0.2) is 4.79 Å². The molecule has 0 radical (unpaired) electrons. The fourth-order valence-electron chi connectivity index (χ4n) is 4.82. The van der Waals surface area contributed by atoms with Crippen molar-refractivity contribution >= 4 is 11.9 Å². The molecule has 0 bridgehead atoms. The quantitative estimate of drug-likeness (QED) is 0.673. The highest BCUT2D eigenvalue weighted by Gasteiger charge is 2.50. The van der Waals surface area contributed by atoms with E-state index in [1.54, 1.807) is 6.07 Å². The number of hydrogen-bond donors (Lipinski definition) is 1. The van der Waals surface area contributed by atoms with E-state index in [0.29, 0.717) is 18.2 Å². The normalized spacial score (nSPS) is 25.3. The van der Waals surface area contributed by atoms with Crippen molar-refractivity contribution in [1.82, 2.24) is 14.7 Å². The van der Waals surface area contributed by atoms with Crippen LogP contribution in [-0.2, 0) is 20.9 Å². The van der Waals surface area contributed by atoms with E-state index in [1.807, 2.05) is 23.1 Å². The van der Waals surface area contributed by atoms with Crippen molar-refractivity contribution in [3.63, 3.8) is 0 Å². The monoisotopic (exact) mass is 417 g/mol. The van der Waals surface area contributed by atoms with E-state index >= 15 is 0 Å². The lowest BCUT2D eigenvalue weighted by atomic mass is 9.85. The van der Waals surface area contributed by atoms with E-state index in [-0.39, 0.29) is 12.0 Å². The number of carbonyl (C=O) groups excluding carboxylic acids is 1. The average molecular weight is 418 g/mol. The molecule has 1 atom stereocenters. The minimum Gasteiger partial charge on any atom is -0.482 e. The van der Waals surface area contributed by atoms with Crippen LogP contribution in [0.5, 0.6) is 5.75 Å². The molecule has 8 nitrogen and oxygen atoms in total. The summed E-state index contributed by atoms with van der Waals surface area (Å²) in [6, 6.07) is 7.55. The number of rotatable bonds is 8. The number of nitrogens with zero attached hydrogens (tertiary/aromatic N) is 3. The summed E-state index contributed by atoms with van der Waals surface area (Å²) in [5, 5.41) is 8.88. The van der Waals surface area contributed by atoms with Crippen LogP contribution in [0, 0.1) is 5.41 Å². The van der Waals surface area contributed by atoms with Crippen molar-refractivity contribution in [3.05, 3.63) is 29.8 Å². The highest BCUT2D eigenvalue weighted by Crippen LogP contribution is 2.41. The second-order valence-corrected chi connectivity index (χ2v) is 8.53. The maximum atomic E-state index is 13.2. The van der Waals surface area contributed by atoms with Crippen LogP contribution in [0.3, 0.4) is 0 Å². The molecule has 1 N–H and O–H groups in total. The molecule has 30 heavy (non-hydrogen) atoms. The Hall–Kier alpha value is -2.16. The number of benzene rings is 1. The summed E-state index contributed by atoms with van der Waals surface area (Å²) in [4.78, 5) is 30.8. The van der Waals surface area contributed by atoms with E-state index in [2.05, 4.69) is 9.80 Å². The fraction of sp³-hybridized carbons (Fsp3) is 0.636. The molecule has 8 heteroatoms. The Morgan fingerprint density at radius 2 is 1.83 bits per heavy atom. The second kappa shape index (κ2) is 9.32. The minimum absolute atomic E-state index is 0.262. The first kappa shape index (κ1) is 21.1. The van der Waals surface area contributed by atoms with Crippen molar-refractivity contribution < 1.29 is 24.2 Å². The summed E-state index contributed by atoms with van der Waals surface area (Å²) in [7, 11) is 0. The van der Waals surface area contributed by atoms with Crippen molar-refractivity contribution in [2.24, 2.45) is 5.41 Å². The molecule has 4 rings (SSSR count). The molecule has 3 aliphatic heterocycles. The van der Waals surface area contributed by atoms with Gasteiger partial charge in [0.1, 0.15) is 5.75 Å². The van der Waals surface area contributed by atoms with Crippen molar-refractivity contribution in [2.75, 3.05) is 65.6 Å². The maximum Gasteiger partial charge on any atom is 0.341 e. The number of carboxylic acid groups (broad SMARTS) is 1. The molecular formula is C22H31N3O5. The second-order valence-electron chi connectivity index (χ2n) is 8.53. The molecule has 3 heterocycles. The first-order valence-corrected chi connectivity index (χ1v) is 10.8. The van der Waals surface area contributed by atoms with Crippen molar-refractivity contribution in [1.29, 1.82) is 0 Å². The van der Waals surface area contributed by atoms with Gasteiger partial charge in [-0.15, -0.1) is 0 Å². The molecule has 1 spiro atoms. The number of hydrogen-bond acceptors (Lipinski definition) is 6. The van der Waals surface area contributed by atoms with Gasteiger partial charge in [-0.05, 0) is 25.5 Å². The topological polar surface area (TPSA) is 82.6 Å². The van der Waals surface area contributed by atoms with Crippen LogP contribution in [0.15, 0.2) is 24.3 Å². The summed E-state index contributed by atoms with van der Waals surface area (Å²) in [6.07, 6.45) is 1.81. The lowest BCUT2D eigenvalue weighted by Crippen LogP contribution is -2.43. The minimum atomic E-state index is -0.987. The van der Waals surface area contributed by atoms with Crippen LogP contribution in [0.1, 0.15) is 18.4 Å². The predicted octanol–water partition coefficient (Wildman–Crippen LogP) is 0.907. The number of ether oxygens (including phenoxy) is 2. The van der Waals surface area contributed by atoms with Gasteiger partial charge in [-0.2, -0.15) is 0 Å². The van der Waals surface area contributed by atoms with Crippen LogP contribution in [0.2, 0.25) is 0 Å². The van der Waals surface area contributed by atoms with Crippen LogP contribution in [0.4, 0.5) is 0 Å². The van der Waals surface area contributed by atoms with E-state index < -0.39 is 5.97 Å². The van der Waals surface area contributed by atoms with Gasteiger partial charge in [-0.3, -0.25) is 14.6 Å². The van der Waals surface area contributed by atoms with E-state index in [9.17, 15) is 9.59 Å². The molecule has 3 fully saturated rings. The Bertz CT molecular complexity index is 767. The molecule has 3 saturated heterocycles. The third kappa shape index (κ3) is 4.77. The number of likely N-dealkylation sites (tertiary alicyclic amines) is 2. The Kier molecular flexibility index (Phi) is 6.55. The zero-order chi connectivity index (χ0) is 21.0. The molecular weight excluding hydrogens is 386 g/mol. The van der Waals surface area contributed by atoms with E-state index in [0.717, 1.165) is 77.4 Å². The zero-order valence-corrected chi connectivity index (χ0v) is 17.4. The standard InChI is InChI=1S/C22H31N3O5/c26-20(27)16-30-19-4-2-1-3-18(19)15-24-7-5-22(17-24)6-8-25(21(22)28)10-9-23-11-13-29-14-12-23/h1-4H,5-17H2,(H,26,27). The number of para-hydroxylation sites is 1. The zero-order valence-electron chi connectivity index (χ0n) is 17.4. The Labute approximate surface area is 177 Å². The van der Waals surface area contributed by atoms with Gasteiger partial charge in [0.2, 0.25) is 5.91 Å². The van der Waals surface area contributed by atoms with Gasteiger partial charge in [0.05, 0.1) is 18.6 Å². The Balaban J connectivity index is 1.32. The summed E-state index contributed by atoms with van der Waals surface area (Å²) >= 11 is 0. The summed E-state index contributed by atoms with van der Waals surface area (Å²) < 4.78 is 10.8. The smallest absolute Gasteiger partial charge is 0.341 e. The molecule has 1 amide bonds. The average Bonchev–Trinajstić information content (AvgIpc) is 3.30. The number of morpholine rings is 1. The van der Waals surface area contributed by atoms with Crippen molar-refractivity contribution in [2.45, 2.75) is 19.4 Å². The summed E-state index contributed by atoms with van der Waals surface area (Å²) in [5.74, 6) is -0.0851. The SMILES string of the molecule is O=C(O)COc1ccccc1CN1CCC2(CCN(CCN3CCOCC3)C2=O)C1. The third-order valence-corrected chi connectivity index (χ3v) is 6.54. The lowest BCUT2D eigenvalue weighted by Gasteiger charge is -2.29. The Morgan fingerprint density at radius 3 is 2.63 bits per heavy atom. The van der Waals surface area contributed by atoms with E-state index in [4.69, 9.17) is 14.6 Å². The lowest BCUT2D eigenvalue weighted by molar-refractivity contribution is -0.139. The van der Waals surface area contributed by atoms with Gasteiger partial charge in [0.25, 0.3) is 0 Å². The number of carbonyl (C=O) groups is 2. The highest BCUT2D eigenvalue weighted by molar-refractivity contribution is 5.85. The third-order valence-electron chi connectivity index (χ3n) is 6.54. The summed E-state index contributed by atoms with van der Waals surface area (Å²) in [6.45, 7) is 7.97. The molecule has 0 aliphatic carbocycles. The van der Waals surface area contributed by atoms with Crippen LogP contribution < -0.4 is 4.74 Å². The summed E-state index contributed by atoms with van der Waals surface area (Å²) in [5.41, 5.74) is 0.701. The molecule has 164 valence electrons. The fourth-order valence-corrected chi connectivity index (χ4v) is 4.82. The van der Waals surface area contributed by atoms with Gasteiger partial charge in [0, 0.05) is 51.4 Å².